The van der Waals surface area contributed by atoms with Crippen molar-refractivity contribution in [2.24, 2.45) is 5.92 Å². The molecule has 1 aromatic heterocycles. The van der Waals surface area contributed by atoms with Gasteiger partial charge >= 0.3 is 0 Å². The predicted molar refractivity (Wildman–Crippen MR) is 102 cm³/mol. The van der Waals surface area contributed by atoms with Gasteiger partial charge in [0.15, 0.2) is 11.0 Å². The average molecular weight is 375 g/mol. The van der Waals surface area contributed by atoms with E-state index in [4.69, 9.17) is 4.74 Å². The summed E-state index contributed by atoms with van der Waals surface area (Å²) in [5, 5.41) is 12.4. The van der Waals surface area contributed by atoms with Crippen LogP contribution >= 0.6 is 11.8 Å². The summed E-state index contributed by atoms with van der Waals surface area (Å²) in [7, 11) is 0. The fourth-order valence-corrected chi connectivity index (χ4v) is 3.80. The molecular weight excluding hydrogens is 348 g/mol. The van der Waals surface area contributed by atoms with E-state index in [1.807, 2.05) is 38.3 Å². The fraction of sp³-hybridized carbons (Fsp3) is 0.526. The number of carbonyl (C=O) groups excluding carboxylic acids is 1. The van der Waals surface area contributed by atoms with E-state index >= 15 is 0 Å². The lowest BCUT2D eigenvalue weighted by molar-refractivity contribution is -0.135. The second-order valence-electron chi connectivity index (χ2n) is 7.19. The van der Waals surface area contributed by atoms with Crippen molar-refractivity contribution in [1.82, 2.24) is 20.1 Å². The van der Waals surface area contributed by atoms with Crippen LogP contribution in [0.4, 0.5) is 0 Å². The van der Waals surface area contributed by atoms with Gasteiger partial charge in [0.2, 0.25) is 5.91 Å². The smallest absolute Gasteiger partial charge is 0.223 e. The van der Waals surface area contributed by atoms with E-state index < -0.39 is 0 Å². The van der Waals surface area contributed by atoms with E-state index in [0.29, 0.717) is 19.7 Å². The molecule has 0 bridgehead atoms. The molecule has 3 rings (SSSR count). The number of carbonyl (C=O) groups is 1. The molecule has 1 amide bonds. The molecule has 0 saturated carbocycles. The van der Waals surface area contributed by atoms with Crippen LogP contribution in [0.15, 0.2) is 35.5 Å². The average Bonchev–Trinajstić information content (AvgIpc) is 3.01. The molecule has 0 spiro atoms. The van der Waals surface area contributed by atoms with Crippen molar-refractivity contribution in [3.05, 3.63) is 41.7 Å². The molecule has 0 radical (unpaired) electrons. The van der Waals surface area contributed by atoms with E-state index in [1.54, 1.807) is 11.8 Å². The maximum atomic E-state index is 12.6. The molecule has 6 nitrogen and oxygen atoms in total. The maximum absolute atomic E-state index is 12.6. The van der Waals surface area contributed by atoms with Crippen LogP contribution in [0.3, 0.4) is 0 Å². The van der Waals surface area contributed by atoms with Gasteiger partial charge in [-0.25, -0.2) is 0 Å². The number of amides is 1. The van der Waals surface area contributed by atoms with E-state index in [-0.39, 0.29) is 17.4 Å². The summed E-state index contributed by atoms with van der Waals surface area (Å²) < 4.78 is 7.77. The summed E-state index contributed by atoms with van der Waals surface area (Å²) in [5.74, 6) is 0.837. The summed E-state index contributed by atoms with van der Waals surface area (Å²) in [4.78, 5) is 12.6. The molecule has 1 aliphatic heterocycles. The highest BCUT2D eigenvalue weighted by Gasteiger charge is 2.32. The Morgan fingerprint density at radius 2 is 2.12 bits per heavy atom. The van der Waals surface area contributed by atoms with Crippen molar-refractivity contribution < 1.29 is 9.53 Å². The first-order chi connectivity index (χ1) is 12.5. The first-order valence-electron chi connectivity index (χ1n) is 8.90. The molecule has 1 aromatic carbocycles. The molecule has 0 unspecified atom stereocenters. The van der Waals surface area contributed by atoms with Gasteiger partial charge in [0.05, 0.1) is 18.7 Å². The molecule has 0 aliphatic carbocycles. The number of hydrogen-bond acceptors (Lipinski definition) is 5. The van der Waals surface area contributed by atoms with Crippen molar-refractivity contribution >= 4 is 17.7 Å². The topological polar surface area (TPSA) is 69.0 Å². The zero-order valence-electron chi connectivity index (χ0n) is 15.6. The first kappa shape index (κ1) is 18.9. The quantitative estimate of drug-likeness (QED) is 0.788. The van der Waals surface area contributed by atoms with Gasteiger partial charge in [-0.3, -0.25) is 4.79 Å². The van der Waals surface area contributed by atoms with Gasteiger partial charge in [0.25, 0.3) is 0 Å². The van der Waals surface area contributed by atoms with Crippen molar-refractivity contribution in [3.8, 4) is 0 Å². The van der Waals surface area contributed by atoms with Crippen LogP contribution in [0.2, 0.25) is 0 Å². The van der Waals surface area contributed by atoms with Crippen molar-refractivity contribution in [2.75, 3.05) is 12.9 Å². The number of ether oxygens (including phenoxy) is 1. The van der Waals surface area contributed by atoms with Crippen molar-refractivity contribution in [1.29, 1.82) is 0 Å². The summed E-state index contributed by atoms with van der Waals surface area (Å²) in [5.41, 5.74) is 0.945. The normalized spacial score (nSPS) is 19.3. The highest BCUT2D eigenvalue weighted by Crippen LogP contribution is 2.28. The van der Waals surface area contributed by atoms with Crippen molar-refractivity contribution in [3.63, 3.8) is 0 Å². The van der Waals surface area contributed by atoms with Crippen LogP contribution in [0.25, 0.3) is 0 Å². The van der Waals surface area contributed by atoms with Crippen LogP contribution in [-0.2, 0) is 22.6 Å². The monoisotopic (exact) mass is 374 g/mol. The molecular formula is C19H26N4O2S. The molecule has 1 N–H and O–H groups in total. The molecule has 1 aliphatic rings. The first-order valence-corrected chi connectivity index (χ1v) is 10.1. The predicted octanol–water partition coefficient (Wildman–Crippen LogP) is 2.87. The third-order valence-electron chi connectivity index (χ3n) is 4.65. The summed E-state index contributed by atoms with van der Waals surface area (Å²) in [6, 6.07) is 10.2. The molecule has 2 heterocycles. The Balaban J connectivity index is 1.66. The van der Waals surface area contributed by atoms with Gasteiger partial charge in [-0.15, -0.1) is 10.2 Å². The zero-order chi connectivity index (χ0) is 18.6. The largest absolute Gasteiger partial charge is 0.376 e. The third kappa shape index (κ3) is 4.65. The molecule has 1 fully saturated rings. The van der Waals surface area contributed by atoms with E-state index in [0.717, 1.165) is 23.8 Å². The lowest BCUT2D eigenvalue weighted by atomic mass is 9.88. The van der Waals surface area contributed by atoms with Crippen LogP contribution in [0.1, 0.15) is 38.1 Å². The highest BCUT2D eigenvalue weighted by molar-refractivity contribution is 7.98. The lowest BCUT2D eigenvalue weighted by Crippen LogP contribution is -2.41. The van der Waals surface area contributed by atoms with E-state index in [1.165, 1.54) is 5.56 Å². The zero-order valence-corrected chi connectivity index (χ0v) is 16.4. The summed E-state index contributed by atoms with van der Waals surface area (Å²) in [6.07, 6.45) is 3.49. The van der Waals surface area contributed by atoms with Gasteiger partial charge in [0, 0.05) is 12.5 Å². The van der Waals surface area contributed by atoms with E-state index in [9.17, 15) is 4.79 Å². The molecule has 140 valence electrons. The van der Waals surface area contributed by atoms with Gasteiger partial charge in [0.1, 0.15) is 0 Å². The van der Waals surface area contributed by atoms with Crippen LogP contribution < -0.4 is 5.32 Å². The SMILES string of the molecule is CSc1nnc(CNC(=O)[C@@H]2CCOC(C)(C)C2)n1Cc1ccccc1. The Morgan fingerprint density at radius 1 is 1.35 bits per heavy atom. The molecule has 2 aromatic rings. The van der Waals surface area contributed by atoms with Gasteiger partial charge < -0.3 is 14.6 Å². The standard InChI is InChI=1S/C19H26N4O2S/c1-19(2)11-15(9-10-25-19)17(24)20-12-16-21-22-18(26-3)23(16)13-14-7-5-4-6-8-14/h4-8,15H,9-13H2,1-3H3,(H,20,24)/t15-/m1/s1. The number of thioether (sulfide) groups is 1. The summed E-state index contributed by atoms with van der Waals surface area (Å²) in [6.45, 7) is 5.78. The number of rotatable bonds is 6. The lowest BCUT2D eigenvalue weighted by Gasteiger charge is -2.34. The Hall–Kier alpha value is -1.86. The third-order valence-corrected chi connectivity index (χ3v) is 5.32. The maximum Gasteiger partial charge on any atom is 0.223 e. The molecule has 7 heteroatoms. The number of benzene rings is 1. The van der Waals surface area contributed by atoms with Gasteiger partial charge in [-0.2, -0.15) is 0 Å². The Morgan fingerprint density at radius 3 is 2.81 bits per heavy atom. The fourth-order valence-electron chi connectivity index (χ4n) is 3.29. The van der Waals surface area contributed by atoms with Gasteiger partial charge in [-0.1, -0.05) is 42.1 Å². The second kappa shape index (κ2) is 8.22. The Labute approximate surface area is 158 Å². The van der Waals surface area contributed by atoms with Crippen molar-refractivity contribution in [2.45, 2.75) is 50.5 Å². The highest BCUT2D eigenvalue weighted by atomic mass is 32.2. The molecule has 26 heavy (non-hydrogen) atoms. The van der Waals surface area contributed by atoms with Gasteiger partial charge in [-0.05, 0) is 38.5 Å². The second-order valence-corrected chi connectivity index (χ2v) is 7.96. The minimum atomic E-state index is -0.236. The minimum absolute atomic E-state index is 0.00994. The minimum Gasteiger partial charge on any atom is -0.376 e. The van der Waals surface area contributed by atoms with Crippen LogP contribution in [0, 0.1) is 5.92 Å². The number of aromatic nitrogens is 3. The van der Waals surface area contributed by atoms with Crippen LogP contribution in [-0.4, -0.2) is 39.1 Å². The summed E-state index contributed by atoms with van der Waals surface area (Å²) >= 11 is 1.56. The van der Waals surface area contributed by atoms with Crippen LogP contribution in [0.5, 0.6) is 0 Å². The Bertz CT molecular complexity index is 745. The molecule has 1 saturated heterocycles. The van der Waals surface area contributed by atoms with E-state index in [2.05, 4.69) is 32.2 Å². The number of hydrogen-bond donors (Lipinski definition) is 1. The number of nitrogens with one attached hydrogen (secondary N) is 1. The number of nitrogens with zero attached hydrogens (tertiary/aromatic N) is 3. The molecule has 1 atom stereocenters. The Kier molecular flexibility index (Phi) is 5.98.